The highest BCUT2D eigenvalue weighted by Crippen LogP contribution is 2.07. The predicted molar refractivity (Wildman–Crippen MR) is 88.0 cm³/mol. The molecule has 126 valence electrons. The van der Waals surface area contributed by atoms with Crippen molar-refractivity contribution in [2.24, 2.45) is 0 Å². The summed E-state index contributed by atoms with van der Waals surface area (Å²) in [5.74, 6) is -2.19. The van der Waals surface area contributed by atoms with E-state index in [1.54, 1.807) is 6.08 Å². The van der Waals surface area contributed by atoms with Crippen molar-refractivity contribution in [3.63, 3.8) is 0 Å². The second-order valence-electron chi connectivity index (χ2n) is 5.43. The van der Waals surface area contributed by atoms with Crippen molar-refractivity contribution < 1.29 is 19.8 Å². The first-order valence-electron chi connectivity index (χ1n) is 7.99. The molecule has 2 N–H and O–H groups in total. The van der Waals surface area contributed by atoms with Gasteiger partial charge in [0.2, 0.25) is 0 Å². The molecule has 0 aromatic rings. The number of carboxylic acid groups (broad SMARTS) is 2. The van der Waals surface area contributed by atoms with Crippen molar-refractivity contribution in [3.8, 4) is 0 Å². The van der Waals surface area contributed by atoms with Crippen molar-refractivity contribution in [2.45, 2.75) is 52.9 Å². The molecular formula is C17H29NO4. The Kier molecular flexibility index (Phi) is 11.1. The standard InChI is InChI=1S/C17H29NO4/c1-4-6-10-18(11-7-5-2)12-8-9-15(17(21)22)13-14(3)16(19)20/h9,13H,4-8,10-12H2,1-3H3,(H,19,20)(H,21,22). The molecule has 5 heteroatoms. The third-order valence-electron chi connectivity index (χ3n) is 3.42. The number of carbonyl (C=O) groups is 2. The van der Waals surface area contributed by atoms with Gasteiger partial charge in [-0.25, -0.2) is 9.59 Å². The summed E-state index contributed by atoms with van der Waals surface area (Å²) in [5, 5.41) is 18.0. The number of hydrogen-bond donors (Lipinski definition) is 2. The maximum atomic E-state index is 11.2. The van der Waals surface area contributed by atoms with Crippen LogP contribution >= 0.6 is 0 Å². The lowest BCUT2D eigenvalue weighted by molar-refractivity contribution is -0.132. The van der Waals surface area contributed by atoms with Crippen LogP contribution in [-0.2, 0) is 9.59 Å². The molecule has 0 spiro atoms. The van der Waals surface area contributed by atoms with Crippen LogP contribution < -0.4 is 0 Å². The van der Waals surface area contributed by atoms with Gasteiger partial charge in [-0.3, -0.25) is 0 Å². The molecule has 0 rings (SSSR count). The molecule has 0 saturated heterocycles. The molecule has 0 bridgehead atoms. The SMILES string of the molecule is CCCCN(CCC=C(C=C(C)C(=O)O)C(=O)O)CCCC. The van der Waals surface area contributed by atoms with E-state index in [2.05, 4.69) is 18.7 Å². The summed E-state index contributed by atoms with van der Waals surface area (Å²) >= 11 is 0. The molecule has 0 fully saturated rings. The van der Waals surface area contributed by atoms with E-state index in [9.17, 15) is 9.59 Å². The number of carboxylic acids is 2. The van der Waals surface area contributed by atoms with E-state index in [0.29, 0.717) is 6.42 Å². The van der Waals surface area contributed by atoms with Gasteiger partial charge in [-0.15, -0.1) is 0 Å². The molecule has 0 aliphatic rings. The smallest absolute Gasteiger partial charge is 0.335 e. The van der Waals surface area contributed by atoms with E-state index in [1.807, 2.05) is 0 Å². The fraction of sp³-hybridized carbons (Fsp3) is 0.647. The maximum absolute atomic E-state index is 11.2. The fourth-order valence-electron chi connectivity index (χ4n) is 2.00. The van der Waals surface area contributed by atoms with Crippen LogP contribution in [0.5, 0.6) is 0 Å². The van der Waals surface area contributed by atoms with Crippen molar-refractivity contribution in [2.75, 3.05) is 19.6 Å². The predicted octanol–water partition coefficient (Wildman–Crippen LogP) is 3.32. The van der Waals surface area contributed by atoms with Gasteiger partial charge in [-0.1, -0.05) is 32.8 Å². The Balaban J connectivity index is 4.67. The molecular weight excluding hydrogens is 282 g/mol. The maximum Gasteiger partial charge on any atom is 0.335 e. The van der Waals surface area contributed by atoms with Crippen LogP contribution in [-0.4, -0.2) is 46.7 Å². The van der Waals surface area contributed by atoms with Gasteiger partial charge in [0, 0.05) is 12.1 Å². The highest BCUT2D eigenvalue weighted by Gasteiger charge is 2.08. The zero-order valence-electron chi connectivity index (χ0n) is 14.0. The second-order valence-corrected chi connectivity index (χ2v) is 5.43. The third-order valence-corrected chi connectivity index (χ3v) is 3.42. The van der Waals surface area contributed by atoms with E-state index in [0.717, 1.165) is 45.3 Å². The number of nitrogens with zero attached hydrogens (tertiary/aromatic N) is 1. The zero-order valence-corrected chi connectivity index (χ0v) is 14.0. The summed E-state index contributed by atoms with van der Waals surface area (Å²) < 4.78 is 0. The largest absolute Gasteiger partial charge is 0.478 e. The minimum Gasteiger partial charge on any atom is -0.478 e. The molecule has 0 atom stereocenters. The Morgan fingerprint density at radius 3 is 1.91 bits per heavy atom. The molecule has 0 aliphatic heterocycles. The molecule has 0 aliphatic carbocycles. The van der Waals surface area contributed by atoms with Crippen molar-refractivity contribution in [3.05, 3.63) is 23.3 Å². The molecule has 0 radical (unpaired) electrons. The number of rotatable bonds is 12. The Labute approximate surface area is 133 Å². The number of hydrogen-bond acceptors (Lipinski definition) is 3. The van der Waals surface area contributed by atoms with Gasteiger partial charge in [0.15, 0.2) is 0 Å². The molecule has 0 aromatic heterocycles. The average molecular weight is 311 g/mol. The van der Waals surface area contributed by atoms with Crippen LogP contribution in [0, 0.1) is 0 Å². The second kappa shape index (κ2) is 12.0. The van der Waals surface area contributed by atoms with Crippen LogP contribution in [0.2, 0.25) is 0 Å². The third kappa shape index (κ3) is 9.34. The summed E-state index contributed by atoms with van der Waals surface area (Å²) in [7, 11) is 0. The highest BCUT2D eigenvalue weighted by atomic mass is 16.4. The van der Waals surface area contributed by atoms with E-state index >= 15 is 0 Å². The summed E-state index contributed by atoms with van der Waals surface area (Å²) in [4.78, 5) is 24.3. The topological polar surface area (TPSA) is 77.8 Å². The zero-order chi connectivity index (χ0) is 17.0. The minimum absolute atomic E-state index is 0.0301. The monoisotopic (exact) mass is 311 g/mol. The number of unbranched alkanes of at least 4 members (excludes halogenated alkanes) is 2. The fourth-order valence-corrected chi connectivity index (χ4v) is 2.00. The Morgan fingerprint density at radius 2 is 1.50 bits per heavy atom. The van der Waals surface area contributed by atoms with E-state index in [1.165, 1.54) is 13.0 Å². The van der Waals surface area contributed by atoms with Crippen LogP contribution in [0.1, 0.15) is 52.9 Å². The Hall–Kier alpha value is -1.62. The van der Waals surface area contributed by atoms with Crippen LogP contribution in [0.3, 0.4) is 0 Å². The van der Waals surface area contributed by atoms with Gasteiger partial charge >= 0.3 is 11.9 Å². The van der Waals surface area contributed by atoms with Gasteiger partial charge < -0.3 is 15.1 Å². The molecule has 0 aromatic carbocycles. The molecule has 0 amide bonds. The normalized spacial score (nSPS) is 12.7. The highest BCUT2D eigenvalue weighted by molar-refractivity contribution is 5.94. The first-order chi connectivity index (χ1) is 10.4. The molecule has 0 heterocycles. The first-order valence-corrected chi connectivity index (χ1v) is 7.99. The van der Waals surface area contributed by atoms with Gasteiger partial charge in [-0.05, 0) is 45.4 Å². The van der Waals surface area contributed by atoms with Crippen molar-refractivity contribution in [1.82, 2.24) is 4.90 Å². The summed E-state index contributed by atoms with van der Waals surface area (Å²) in [6, 6.07) is 0. The first kappa shape index (κ1) is 20.4. The van der Waals surface area contributed by atoms with Gasteiger partial charge in [0.1, 0.15) is 0 Å². The van der Waals surface area contributed by atoms with Crippen LogP contribution in [0.4, 0.5) is 0 Å². The summed E-state index contributed by atoms with van der Waals surface area (Å²) in [6.07, 6.45) is 7.98. The summed E-state index contributed by atoms with van der Waals surface area (Å²) in [5.41, 5.74) is 0.0771. The van der Waals surface area contributed by atoms with Crippen molar-refractivity contribution in [1.29, 1.82) is 0 Å². The van der Waals surface area contributed by atoms with Crippen LogP contribution in [0.15, 0.2) is 23.3 Å². The van der Waals surface area contributed by atoms with E-state index in [-0.39, 0.29) is 11.1 Å². The lowest BCUT2D eigenvalue weighted by Gasteiger charge is -2.21. The van der Waals surface area contributed by atoms with E-state index in [4.69, 9.17) is 10.2 Å². The molecule has 0 unspecified atom stereocenters. The van der Waals surface area contributed by atoms with E-state index < -0.39 is 11.9 Å². The van der Waals surface area contributed by atoms with Crippen LogP contribution in [0.25, 0.3) is 0 Å². The average Bonchev–Trinajstić information content (AvgIpc) is 2.47. The quantitative estimate of drug-likeness (QED) is 0.427. The lowest BCUT2D eigenvalue weighted by atomic mass is 10.1. The van der Waals surface area contributed by atoms with Gasteiger partial charge in [0.25, 0.3) is 0 Å². The number of aliphatic carboxylic acids is 2. The summed E-state index contributed by atoms with van der Waals surface area (Å²) in [6.45, 7) is 8.55. The van der Waals surface area contributed by atoms with Gasteiger partial charge in [0.05, 0.1) is 5.57 Å². The Bertz CT molecular complexity index is 405. The molecule has 0 saturated carbocycles. The lowest BCUT2D eigenvalue weighted by Crippen LogP contribution is -2.27. The van der Waals surface area contributed by atoms with Gasteiger partial charge in [-0.2, -0.15) is 0 Å². The van der Waals surface area contributed by atoms with Crippen molar-refractivity contribution >= 4 is 11.9 Å². The molecule has 22 heavy (non-hydrogen) atoms. The minimum atomic E-state index is -1.10. The Morgan fingerprint density at radius 1 is 0.955 bits per heavy atom. The molecule has 5 nitrogen and oxygen atoms in total.